The second-order valence-electron chi connectivity index (χ2n) is 10.4. The second-order valence-corrected chi connectivity index (χ2v) is 10.4. The molecule has 4 aliphatic rings. The highest BCUT2D eigenvalue weighted by atomic mass is 16.5. The van der Waals surface area contributed by atoms with Gasteiger partial charge in [0.2, 0.25) is 0 Å². The number of hydrogen-bond acceptors (Lipinski definition) is 5. The Hall–Kier alpha value is -2.89. The average Bonchev–Trinajstić information content (AvgIpc) is 3.31. The summed E-state index contributed by atoms with van der Waals surface area (Å²) in [6, 6.07) is 14.8. The highest BCUT2D eigenvalue weighted by Crippen LogP contribution is 2.62. The minimum Gasteiger partial charge on any atom is -0.497 e. The Morgan fingerprint density at radius 2 is 1.70 bits per heavy atom. The first kappa shape index (κ1) is 20.7. The Morgan fingerprint density at radius 3 is 2.33 bits per heavy atom. The summed E-state index contributed by atoms with van der Waals surface area (Å²) in [5.41, 5.74) is 4.49. The van der Waals surface area contributed by atoms with E-state index in [1.807, 2.05) is 12.1 Å². The van der Waals surface area contributed by atoms with Crippen LogP contribution in [-0.2, 0) is 12.0 Å². The third-order valence-electron chi connectivity index (χ3n) is 8.62. The topological polar surface area (TPSA) is 64.9 Å². The fourth-order valence-electron chi connectivity index (χ4n) is 7.37. The van der Waals surface area contributed by atoms with Crippen molar-refractivity contribution in [3.8, 4) is 11.4 Å². The van der Waals surface area contributed by atoms with Gasteiger partial charge in [-0.1, -0.05) is 25.1 Å². The van der Waals surface area contributed by atoms with Gasteiger partial charge in [0.15, 0.2) is 5.82 Å². The van der Waals surface area contributed by atoms with Crippen LogP contribution in [0.25, 0.3) is 5.69 Å². The van der Waals surface area contributed by atoms with Crippen LogP contribution in [0.15, 0.2) is 42.5 Å². The molecule has 4 aliphatic carbocycles. The monoisotopic (exact) mass is 443 g/mol. The number of para-hydroxylation sites is 1. The first-order valence-corrected chi connectivity index (χ1v) is 12.4. The predicted molar refractivity (Wildman–Crippen MR) is 129 cm³/mol. The summed E-state index contributed by atoms with van der Waals surface area (Å²) < 4.78 is 7.46. The molecule has 0 unspecified atom stereocenters. The smallest absolute Gasteiger partial charge is 0.182 e. The number of tetrazole rings is 1. The maximum Gasteiger partial charge on any atom is 0.182 e. The van der Waals surface area contributed by atoms with Crippen molar-refractivity contribution in [1.82, 2.24) is 20.2 Å². The van der Waals surface area contributed by atoms with Crippen LogP contribution in [-0.4, -0.2) is 27.3 Å². The van der Waals surface area contributed by atoms with E-state index in [0.717, 1.165) is 41.2 Å². The fraction of sp³-hybridized carbons (Fsp3) is 0.519. The normalized spacial score (nSPS) is 29.9. The van der Waals surface area contributed by atoms with Crippen molar-refractivity contribution in [1.29, 1.82) is 0 Å². The molecule has 4 saturated carbocycles. The van der Waals surface area contributed by atoms with Crippen molar-refractivity contribution in [3.05, 3.63) is 59.4 Å². The summed E-state index contributed by atoms with van der Waals surface area (Å²) in [6.07, 6.45) is 7.41. The standard InChI is InChI=1S/C27H33N5O/c1-4-20-7-5-6-17(2)25(20)32-26(29-30-31-32)27(28-23-8-10-24(33-3)11-9-23)21-13-18-12-19(15-21)16-22(27)14-18/h5-11,18-19,21-22,28H,4,12-16H2,1-3H3. The van der Waals surface area contributed by atoms with E-state index in [4.69, 9.17) is 9.84 Å². The van der Waals surface area contributed by atoms with E-state index in [2.05, 4.69) is 64.6 Å². The number of hydrogen-bond donors (Lipinski definition) is 1. The zero-order valence-electron chi connectivity index (χ0n) is 19.8. The lowest BCUT2D eigenvalue weighted by Gasteiger charge is -2.60. The Bertz CT molecular complexity index is 1120. The minimum absolute atomic E-state index is 0.265. The number of aryl methyl sites for hydroxylation is 2. The minimum atomic E-state index is -0.265. The third kappa shape index (κ3) is 3.17. The van der Waals surface area contributed by atoms with Crippen LogP contribution in [0, 0.1) is 30.6 Å². The summed E-state index contributed by atoms with van der Waals surface area (Å²) in [7, 11) is 1.71. The van der Waals surface area contributed by atoms with Crippen LogP contribution in [0.2, 0.25) is 0 Å². The van der Waals surface area contributed by atoms with E-state index < -0.39 is 0 Å². The van der Waals surface area contributed by atoms with E-state index in [1.165, 1.54) is 43.2 Å². The number of aromatic nitrogens is 4. The van der Waals surface area contributed by atoms with E-state index in [1.54, 1.807) is 7.11 Å². The summed E-state index contributed by atoms with van der Waals surface area (Å²) >= 11 is 0. The lowest BCUT2D eigenvalue weighted by Crippen LogP contribution is -2.60. The Morgan fingerprint density at radius 1 is 1.00 bits per heavy atom. The molecule has 2 aromatic carbocycles. The molecule has 0 aliphatic heterocycles. The molecule has 0 spiro atoms. The van der Waals surface area contributed by atoms with Gasteiger partial charge < -0.3 is 10.1 Å². The Labute approximate surface area is 195 Å². The summed E-state index contributed by atoms with van der Waals surface area (Å²) in [5, 5.41) is 17.7. The van der Waals surface area contributed by atoms with Gasteiger partial charge in [-0.3, -0.25) is 0 Å². The maximum atomic E-state index is 5.40. The molecule has 4 bridgehead atoms. The molecule has 1 aromatic heterocycles. The summed E-state index contributed by atoms with van der Waals surface area (Å²) in [6.45, 7) is 4.37. The molecule has 0 amide bonds. The summed E-state index contributed by atoms with van der Waals surface area (Å²) in [4.78, 5) is 0. The van der Waals surface area contributed by atoms with Gasteiger partial charge in [0, 0.05) is 5.69 Å². The molecular weight excluding hydrogens is 410 g/mol. The van der Waals surface area contributed by atoms with Crippen LogP contribution in [0.1, 0.15) is 56.0 Å². The van der Waals surface area contributed by atoms with Gasteiger partial charge >= 0.3 is 0 Å². The molecule has 4 fully saturated rings. The first-order chi connectivity index (χ1) is 16.1. The fourth-order valence-corrected chi connectivity index (χ4v) is 7.37. The Kier molecular flexibility index (Phi) is 4.93. The van der Waals surface area contributed by atoms with Gasteiger partial charge in [0.05, 0.1) is 12.8 Å². The first-order valence-electron chi connectivity index (χ1n) is 12.4. The molecule has 6 nitrogen and oxygen atoms in total. The number of ether oxygens (including phenoxy) is 1. The largest absolute Gasteiger partial charge is 0.497 e. The highest BCUT2D eigenvalue weighted by molar-refractivity contribution is 5.53. The van der Waals surface area contributed by atoms with Gasteiger partial charge in [-0.25, -0.2) is 0 Å². The lowest BCUT2D eigenvalue weighted by molar-refractivity contribution is -0.0523. The quantitative estimate of drug-likeness (QED) is 0.560. The predicted octanol–water partition coefficient (Wildman–Crippen LogP) is 5.31. The number of nitrogens with one attached hydrogen (secondary N) is 1. The highest BCUT2D eigenvalue weighted by Gasteiger charge is 2.60. The van der Waals surface area contributed by atoms with E-state index in [0.29, 0.717) is 11.8 Å². The van der Waals surface area contributed by atoms with Crippen LogP contribution in [0.3, 0.4) is 0 Å². The molecule has 1 heterocycles. The van der Waals surface area contributed by atoms with Crippen LogP contribution >= 0.6 is 0 Å². The van der Waals surface area contributed by atoms with Gasteiger partial charge in [0.1, 0.15) is 11.3 Å². The van der Waals surface area contributed by atoms with E-state index in [-0.39, 0.29) is 5.54 Å². The van der Waals surface area contributed by atoms with Gasteiger partial charge in [-0.15, -0.1) is 5.10 Å². The number of methoxy groups -OCH3 is 1. The van der Waals surface area contributed by atoms with Crippen molar-refractivity contribution in [2.45, 2.75) is 57.9 Å². The van der Waals surface area contributed by atoms with Crippen LogP contribution in [0.5, 0.6) is 5.75 Å². The number of benzene rings is 2. The molecular formula is C27H33N5O. The van der Waals surface area contributed by atoms with Crippen molar-refractivity contribution < 1.29 is 4.74 Å². The number of anilines is 1. The molecule has 0 radical (unpaired) electrons. The molecule has 7 rings (SSSR count). The van der Waals surface area contributed by atoms with E-state index in [9.17, 15) is 0 Å². The lowest BCUT2D eigenvalue weighted by atomic mass is 9.48. The Balaban J connectivity index is 1.52. The van der Waals surface area contributed by atoms with Crippen molar-refractivity contribution in [2.75, 3.05) is 12.4 Å². The average molecular weight is 444 g/mol. The van der Waals surface area contributed by atoms with Crippen molar-refractivity contribution in [3.63, 3.8) is 0 Å². The van der Waals surface area contributed by atoms with Crippen molar-refractivity contribution in [2.24, 2.45) is 23.7 Å². The molecule has 172 valence electrons. The second kappa shape index (κ2) is 7.86. The number of nitrogens with zero attached hydrogens (tertiary/aromatic N) is 4. The maximum absolute atomic E-state index is 5.40. The molecule has 6 heteroatoms. The van der Waals surface area contributed by atoms with Gasteiger partial charge in [0.25, 0.3) is 0 Å². The van der Waals surface area contributed by atoms with Crippen LogP contribution < -0.4 is 10.1 Å². The molecule has 33 heavy (non-hydrogen) atoms. The number of rotatable bonds is 6. The third-order valence-corrected chi connectivity index (χ3v) is 8.62. The zero-order valence-corrected chi connectivity index (χ0v) is 19.8. The van der Waals surface area contributed by atoms with Crippen LogP contribution in [0.4, 0.5) is 5.69 Å². The zero-order chi connectivity index (χ0) is 22.6. The molecule has 3 aromatic rings. The molecule has 0 saturated heterocycles. The molecule has 1 N–H and O–H groups in total. The molecule has 0 atom stereocenters. The SMILES string of the molecule is CCc1cccc(C)c1-n1nnnc1C1(Nc2ccc(OC)cc2)C2CC3CC(C2)CC1C3. The summed E-state index contributed by atoms with van der Waals surface area (Å²) in [5.74, 6) is 4.64. The van der Waals surface area contributed by atoms with Crippen molar-refractivity contribution >= 4 is 5.69 Å². The van der Waals surface area contributed by atoms with Gasteiger partial charge in [-0.05, 0) is 115 Å². The van der Waals surface area contributed by atoms with Gasteiger partial charge in [-0.2, -0.15) is 4.68 Å². The van der Waals surface area contributed by atoms with E-state index >= 15 is 0 Å².